The molecule has 0 aliphatic heterocycles. The molecule has 2 atom stereocenters. The van der Waals surface area contributed by atoms with Gasteiger partial charge in [-0.1, -0.05) is 15.9 Å². The summed E-state index contributed by atoms with van der Waals surface area (Å²) in [6.07, 6.45) is 0. The van der Waals surface area contributed by atoms with E-state index in [-0.39, 0.29) is 0 Å². The Morgan fingerprint density at radius 3 is 2.80 bits per heavy atom. The van der Waals surface area contributed by atoms with Crippen molar-refractivity contribution in [3.8, 4) is 11.4 Å². The third-order valence-electron chi connectivity index (χ3n) is 3.16. The van der Waals surface area contributed by atoms with Gasteiger partial charge in [-0.15, -0.1) is 5.10 Å². The number of tetrazole rings is 1. The Labute approximate surface area is 122 Å². The highest BCUT2D eigenvalue weighted by atomic mass is 79.9. The zero-order valence-corrected chi connectivity index (χ0v) is 12.4. The summed E-state index contributed by atoms with van der Waals surface area (Å²) in [5, 5.41) is 20.3. The number of rotatable bonds is 4. The fourth-order valence-corrected chi connectivity index (χ4v) is 2.16. The maximum atomic E-state index is 13.4. The summed E-state index contributed by atoms with van der Waals surface area (Å²) >= 11 is 3.31. The number of carboxylic acid groups (broad SMARTS) is 1. The fourth-order valence-electron chi connectivity index (χ4n) is 1.73. The minimum absolute atomic E-state index is 0.317. The normalized spacial score (nSPS) is 14.0. The quantitative estimate of drug-likeness (QED) is 0.923. The van der Waals surface area contributed by atoms with Crippen LogP contribution in [0.3, 0.4) is 0 Å². The standard InChI is InChI=1S/C12H12BrFN4O2/c1-6(12(19)20)7(2)18-11(15-16-17-18)9-5-8(14)3-4-10(9)13/h3-7H,1-2H3,(H,19,20). The van der Waals surface area contributed by atoms with Crippen molar-refractivity contribution in [1.29, 1.82) is 0 Å². The predicted molar refractivity (Wildman–Crippen MR) is 72.4 cm³/mol. The van der Waals surface area contributed by atoms with E-state index in [4.69, 9.17) is 5.11 Å². The topological polar surface area (TPSA) is 80.9 Å². The van der Waals surface area contributed by atoms with Gasteiger partial charge >= 0.3 is 5.97 Å². The van der Waals surface area contributed by atoms with E-state index in [1.165, 1.54) is 16.8 Å². The highest BCUT2D eigenvalue weighted by Crippen LogP contribution is 2.29. The molecular formula is C12H12BrFN4O2. The van der Waals surface area contributed by atoms with Crippen LogP contribution in [-0.4, -0.2) is 31.3 Å². The van der Waals surface area contributed by atoms with Gasteiger partial charge < -0.3 is 5.11 Å². The molecule has 20 heavy (non-hydrogen) atoms. The highest BCUT2D eigenvalue weighted by Gasteiger charge is 2.25. The van der Waals surface area contributed by atoms with Crippen molar-refractivity contribution in [2.24, 2.45) is 5.92 Å². The molecule has 0 amide bonds. The Morgan fingerprint density at radius 1 is 1.45 bits per heavy atom. The lowest BCUT2D eigenvalue weighted by Crippen LogP contribution is -2.23. The number of hydrogen-bond donors (Lipinski definition) is 1. The average Bonchev–Trinajstić information content (AvgIpc) is 2.88. The van der Waals surface area contributed by atoms with Gasteiger partial charge in [-0.2, -0.15) is 0 Å². The summed E-state index contributed by atoms with van der Waals surface area (Å²) in [5.74, 6) is -1.73. The number of hydrogen-bond acceptors (Lipinski definition) is 4. The lowest BCUT2D eigenvalue weighted by molar-refractivity contribution is -0.142. The molecule has 6 nitrogen and oxygen atoms in total. The van der Waals surface area contributed by atoms with Crippen molar-refractivity contribution in [2.45, 2.75) is 19.9 Å². The van der Waals surface area contributed by atoms with Crippen LogP contribution >= 0.6 is 15.9 Å². The van der Waals surface area contributed by atoms with Gasteiger partial charge in [-0.3, -0.25) is 4.79 Å². The maximum Gasteiger partial charge on any atom is 0.308 e. The SMILES string of the molecule is CC(C(=O)O)C(C)n1nnnc1-c1cc(F)ccc1Br. The van der Waals surface area contributed by atoms with E-state index >= 15 is 0 Å². The van der Waals surface area contributed by atoms with E-state index in [2.05, 4.69) is 31.5 Å². The van der Waals surface area contributed by atoms with Crippen molar-refractivity contribution < 1.29 is 14.3 Å². The van der Waals surface area contributed by atoms with Crippen LogP contribution in [0.4, 0.5) is 4.39 Å². The number of carbonyl (C=O) groups is 1. The van der Waals surface area contributed by atoms with E-state index in [0.29, 0.717) is 15.9 Å². The smallest absolute Gasteiger partial charge is 0.308 e. The van der Waals surface area contributed by atoms with E-state index in [1.807, 2.05) is 0 Å². The van der Waals surface area contributed by atoms with E-state index in [1.54, 1.807) is 19.9 Å². The van der Waals surface area contributed by atoms with Crippen LogP contribution in [0.25, 0.3) is 11.4 Å². The predicted octanol–water partition coefficient (Wildman–Crippen LogP) is 2.52. The van der Waals surface area contributed by atoms with Crippen LogP contribution in [0.2, 0.25) is 0 Å². The second-order valence-electron chi connectivity index (χ2n) is 4.44. The maximum absolute atomic E-state index is 13.4. The number of benzene rings is 1. The van der Waals surface area contributed by atoms with Gasteiger partial charge in [-0.25, -0.2) is 9.07 Å². The lowest BCUT2D eigenvalue weighted by Gasteiger charge is -2.17. The molecule has 1 N–H and O–H groups in total. The first-order chi connectivity index (χ1) is 9.41. The zero-order valence-electron chi connectivity index (χ0n) is 10.8. The number of nitrogens with zero attached hydrogens (tertiary/aromatic N) is 4. The molecule has 2 aromatic rings. The molecule has 106 valence electrons. The number of carboxylic acids is 1. The van der Waals surface area contributed by atoms with Gasteiger partial charge in [0.25, 0.3) is 0 Å². The van der Waals surface area contributed by atoms with Crippen LogP contribution < -0.4 is 0 Å². The summed E-state index contributed by atoms with van der Waals surface area (Å²) in [7, 11) is 0. The van der Waals surface area contributed by atoms with Gasteiger partial charge in [0.2, 0.25) is 0 Å². The fraction of sp³-hybridized carbons (Fsp3) is 0.333. The number of aromatic nitrogens is 4. The lowest BCUT2D eigenvalue weighted by atomic mass is 10.0. The Kier molecular flexibility index (Phi) is 4.12. The first kappa shape index (κ1) is 14.6. The van der Waals surface area contributed by atoms with E-state index < -0.39 is 23.7 Å². The van der Waals surface area contributed by atoms with E-state index in [0.717, 1.165) is 0 Å². The molecule has 1 heterocycles. The highest BCUT2D eigenvalue weighted by molar-refractivity contribution is 9.10. The third kappa shape index (κ3) is 2.69. The van der Waals surface area contributed by atoms with Crippen molar-refractivity contribution in [1.82, 2.24) is 20.2 Å². The molecule has 1 aromatic heterocycles. The Balaban J connectivity index is 2.48. The van der Waals surface area contributed by atoms with Gasteiger partial charge in [0.1, 0.15) is 5.82 Å². The van der Waals surface area contributed by atoms with Gasteiger partial charge in [0.05, 0.1) is 12.0 Å². The molecule has 0 aliphatic rings. The van der Waals surface area contributed by atoms with Crippen molar-refractivity contribution >= 4 is 21.9 Å². The average molecular weight is 343 g/mol. The second kappa shape index (κ2) is 5.66. The molecule has 0 saturated carbocycles. The van der Waals surface area contributed by atoms with Crippen molar-refractivity contribution in [2.75, 3.05) is 0 Å². The van der Waals surface area contributed by atoms with Gasteiger partial charge in [0.15, 0.2) is 5.82 Å². The molecule has 0 saturated heterocycles. The molecular weight excluding hydrogens is 331 g/mol. The molecule has 0 aliphatic carbocycles. The molecule has 8 heteroatoms. The van der Waals surface area contributed by atoms with Crippen molar-refractivity contribution in [3.05, 3.63) is 28.5 Å². The van der Waals surface area contributed by atoms with Gasteiger partial charge in [-0.05, 0) is 42.5 Å². The van der Waals surface area contributed by atoms with Crippen molar-refractivity contribution in [3.63, 3.8) is 0 Å². The largest absolute Gasteiger partial charge is 0.481 e. The summed E-state index contributed by atoms with van der Waals surface area (Å²) in [6.45, 7) is 3.27. The van der Waals surface area contributed by atoms with Crippen LogP contribution in [-0.2, 0) is 4.79 Å². The minimum atomic E-state index is -0.947. The molecule has 0 bridgehead atoms. The molecule has 2 rings (SSSR count). The Bertz CT molecular complexity index is 646. The van der Waals surface area contributed by atoms with Crippen LogP contribution in [0.1, 0.15) is 19.9 Å². The molecule has 0 radical (unpaired) electrons. The summed E-state index contributed by atoms with van der Waals surface area (Å²) in [6, 6.07) is 3.69. The molecule has 1 aromatic carbocycles. The first-order valence-corrected chi connectivity index (χ1v) is 6.67. The van der Waals surface area contributed by atoms with Gasteiger partial charge in [0, 0.05) is 10.0 Å². The third-order valence-corrected chi connectivity index (χ3v) is 3.85. The Hall–Kier alpha value is -1.83. The number of halogens is 2. The summed E-state index contributed by atoms with van der Waals surface area (Å²) in [4.78, 5) is 11.1. The molecule has 2 unspecified atom stereocenters. The van der Waals surface area contributed by atoms with E-state index in [9.17, 15) is 9.18 Å². The minimum Gasteiger partial charge on any atom is -0.481 e. The Morgan fingerprint density at radius 2 is 2.15 bits per heavy atom. The molecule has 0 fully saturated rings. The monoisotopic (exact) mass is 342 g/mol. The summed E-state index contributed by atoms with van der Waals surface area (Å²) in [5.41, 5.74) is 0.472. The summed E-state index contributed by atoms with van der Waals surface area (Å²) < 4.78 is 15.4. The number of aliphatic carboxylic acids is 1. The van der Waals surface area contributed by atoms with Crippen LogP contribution in [0, 0.1) is 11.7 Å². The molecule has 0 spiro atoms. The first-order valence-electron chi connectivity index (χ1n) is 5.88. The van der Waals surface area contributed by atoms with Crippen LogP contribution in [0.5, 0.6) is 0 Å². The second-order valence-corrected chi connectivity index (χ2v) is 5.29. The zero-order chi connectivity index (χ0) is 14.9. The van der Waals surface area contributed by atoms with Crippen LogP contribution in [0.15, 0.2) is 22.7 Å².